The number of H-pyrrole nitrogens is 2. The molecule has 0 fully saturated rings. The lowest BCUT2D eigenvalue weighted by atomic mass is 10.1. The van der Waals surface area contributed by atoms with Crippen LogP contribution in [0.25, 0.3) is 43.6 Å². The first-order chi connectivity index (χ1) is 13.9. The first-order valence-corrected chi connectivity index (χ1v) is 9.46. The molecule has 148 valence electrons. The fourth-order valence-corrected chi connectivity index (χ4v) is 3.57. The lowest BCUT2D eigenvalue weighted by Crippen LogP contribution is -3.00. The predicted octanol–water partition coefficient (Wildman–Crippen LogP) is -0.378. The van der Waals surface area contributed by atoms with E-state index in [9.17, 15) is 0 Å². The second-order valence-electron chi connectivity index (χ2n) is 6.89. The molecule has 4 heteroatoms. The van der Waals surface area contributed by atoms with E-state index in [2.05, 4.69) is 94.9 Å². The lowest BCUT2D eigenvalue weighted by Gasteiger charge is -1.94. The summed E-state index contributed by atoms with van der Waals surface area (Å²) in [7, 11) is 0. The van der Waals surface area contributed by atoms with Crippen LogP contribution in [0, 0.1) is 0 Å². The Morgan fingerprint density at radius 2 is 0.600 bits per heavy atom. The summed E-state index contributed by atoms with van der Waals surface area (Å²) in [6, 6.07) is 37.7. The van der Waals surface area contributed by atoms with Crippen molar-refractivity contribution in [3.05, 3.63) is 109 Å². The zero-order valence-electron chi connectivity index (χ0n) is 16.1. The van der Waals surface area contributed by atoms with Crippen molar-refractivity contribution >= 4 is 43.6 Å². The van der Waals surface area contributed by atoms with Gasteiger partial charge in [0.25, 0.3) is 0 Å². The summed E-state index contributed by atoms with van der Waals surface area (Å²) in [5, 5.41) is 5.02. The van der Waals surface area contributed by atoms with Crippen molar-refractivity contribution in [2.75, 3.05) is 0 Å². The van der Waals surface area contributed by atoms with Crippen LogP contribution in [-0.4, -0.2) is 0 Å². The minimum Gasteiger partial charge on any atom is -1.00 e. The van der Waals surface area contributed by atoms with Gasteiger partial charge in [-0.3, -0.25) is 0 Å². The van der Waals surface area contributed by atoms with Gasteiger partial charge in [-0.15, -0.1) is 0 Å². The first-order valence-electron chi connectivity index (χ1n) is 9.46. The summed E-state index contributed by atoms with van der Waals surface area (Å²) >= 11 is 0. The molecular formula is C26H20ClIN2. The molecule has 0 saturated carbocycles. The molecule has 2 heterocycles. The molecule has 0 atom stereocenters. The molecule has 0 saturated heterocycles. The number of fused-ring (bicyclic) bond motifs is 4. The molecule has 0 spiro atoms. The van der Waals surface area contributed by atoms with Gasteiger partial charge in [0.05, 0.1) is 0 Å². The molecule has 30 heavy (non-hydrogen) atoms. The number of pyridine rings is 2. The maximum Gasteiger partial charge on any atom is 0.211 e. The zero-order chi connectivity index (χ0) is 18.8. The van der Waals surface area contributed by atoms with Gasteiger partial charge in [-0.1, -0.05) is 48.5 Å². The highest BCUT2D eigenvalue weighted by Gasteiger charge is 2.04. The molecule has 0 aliphatic carbocycles. The second-order valence-corrected chi connectivity index (χ2v) is 6.89. The summed E-state index contributed by atoms with van der Waals surface area (Å²) in [4.78, 5) is 6.82. The number of hydrogen-bond acceptors (Lipinski definition) is 0. The molecule has 6 rings (SSSR count). The number of rotatable bonds is 0. The number of halogens is 2. The van der Waals surface area contributed by atoms with Crippen molar-refractivity contribution in [3.8, 4) is 0 Å². The minimum absolute atomic E-state index is 0. The van der Waals surface area contributed by atoms with Crippen LogP contribution in [0.3, 0.4) is 0 Å². The highest BCUT2D eigenvalue weighted by Crippen LogP contribution is 2.16. The number of hydrogen-bond donors (Lipinski definition) is 0. The zero-order valence-corrected chi connectivity index (χ0v) is 19.1. The average molecular weight is 523 g/mol. The highest BCUT2D eigenvalue weighted by atomic mass is 127. The van der Waals surface area contributed by atoms with E-state index in [-0.39, 0.29) is 36.4 Å². The van der Waals surface area contributed by atoms with Gasteiger partial charge >= 0.3 is 0 Å². The Bertz CT molecular complexity index is 1110. The van der Waals surface area contributed by atoms with E-state index < -0.39 is 0 Å². The van der Waals surface area contributed by atoms with Gasteiger partial charge < -0.3 is 36.4 Å². The van der Waals surface area contributed by atoms with Crippen molar-refractivity contribution in [1.82, 2.24) is 0 Å². The Morgan fingerprint density at radius 1 is 0.367 bits per heavy atom. The molecule has 0 unspecified atom stereocenters. The van der Waals surface area contributed by atoms with E-state index in [0.717, 1.165) is 0 Å². The van der Waals surface area contributed by atoms with Crippen LogP contribution < -0.4 is 46.4 Å². The standard InChI is InChI=1S/2C13H9N.ClH.HI/c2*1-3-7-12-10(5-1)9-11-6-2-4-8-13(11)14-12;;/h2*1-9H;2*1H. The smallest absolute Gasteiger partial charge is 0.211 e. The first kappa shape index (κ1) is 21.9. The molecule has 0 aliphatic heterocycles. The third-order valence-electron chi connectivity index (χ3n) is 5.00. The van der Waals surface area contributed by atoms with Gasteiger partial charge in [-0.25, -0.2) is 9.97 Å². The summed E-state index contributed by atoms with van der Waals surface area (Å²) in [5.41, 5.74) is 4.75. The molecule has 2 aromatic heterocycles. The van der Waals surface area contributed by atoms with E-state index in [0.29, 0.717) is 0 Å². The maximum atomic E-state index is 3.41. The molecule has 0 bridgehead atoms. The molecule has 0 radical (unpaired) electrons. The van der Waals surface area contributed by atoms with Gasteiger partial charge in [-0.05, 0) is 36.4 Å². The molecule has 2 nitrogen and oxygen atoms in total. The normalized spacial score (nSPS) is 10.1. The largest absolute Gasteiger partial charge is 1.00 e. The van der Waals surface area contributed by atoms with Gasteiger partial charge in [-0.2, -0.15) is 0 Å². The number of aromatic nitrogens is 2. The number of para-hydroxylation sites is 4. The quantitative estimate of drug-likeness (QED) is 0.192. The van der Waals surface area contributed by atoms with E-state index in [1.165, 1.54) is 43.6 Å². The third-order valence-corrected chi connectivity index (χ3v) is 5.00. The summed E-state index contributed by atoms with van der Waals surface area (Å²) in [6.07, 6.45) is 0. The Hall–Kier alpha value is -2.76. The fraction of sp³-hybridized carbons (Fsp3) is 0. The van der Waals surface area contributed by atoms with Crippen LogP contribution in [-0.2, 0) is 0 Å². The SMILES string of the molecule is [Cl-].[I-].c1ccc2[nH+]c3ccccc3cc2c1.c1ccc2[nH+]c3ccccc3cc2c1. The predicted molar refractivity (Wildman–Crippen MR) is 116 cm³/mol. The molecule has 0 aliphatic rings. The number of nitrogens with one attached hydrogen (secondary N) is 2. The van der Waals surface area contributed by atoms with Crippen molar-refractivity contribution in [2.45, 2.75) is 0 Å². The van der Waals surface area contributed by atoms with Crippen molar-refractivity contribution in [2.24, 2.45) is 0 Å². The van der Waals surface area contributed by atoms with E-state index in [1.54, 1.807) is 0 Å². The monoisotopic (exact) mass is 522 g/mol. The third kappa shape index (κ3) is 4.53. The topological polar surface area (TPSA) is 28.3 Å². The molecule has 6 aromatic rings. The Kier molecular flexibility index (Phi) is 7.19. The van der Waals surface area contributed by atoms with E-state index in [4.69, 9.17) is 0 Å². The summed E-state index contributed by atoms with van der Waals surface area (Å²) in [5.74, 6) is 0. The van der Waals surface area contributed by atoms with Crippen molar-refractivity contribution in [1.29, 1.82) is 0 Å². The number of benzene rings is 4. The van der Waals surface area contributed by atoms with Gasteiger partial charge in [0.1, 0.15) is 0 Å². The number of aromatic amines is 2. The Labute approximate surface area is 198 Å². The van der Waals surface area contributed by atoms with Gasteiger partial charge in [0, 0.05) is 45.8 Å². The van der Waals surface area contributed by atoms with Crippen LogP contribution >= 0.6 is 0 Å². The molecular weight excluding hydrogens is 503 g/mol. The average Bonchev–Trinajstić information content (AvgIpc) is 2.76. The fourth-order valence-electron chi connectivity index (χ4n) is 3.57. The van der Waals surface area contributed by atoms with Crippen LogP contribution in [0.2, 0.25) is 0 Å². The van der Waals surface area contributed by atoms with Crippen LogP contribution in [0.15, 0.2) is 109 Å². The summed E-state index contributed by atoms with van der Waals surface area (Å²) in [6.45, 7) is 0. The van der Waals surface area contributed by atoms with Gasteiger partial charge in [0.2, 0.25) is 22.1 Å². The maximum absolute atomic E-state index is 3.41. The lowest BCUT2D eigenvalue weighted by molar-refractivity contribution is -0.310. The van der Waals surface area contributed by atoms with Crippen molar-refractivity contribution in [3.63, 3.8) is 0 Å². The van der Waals surface area contributed by atoms with Crippen molar-refractivity contribution < 1.29 is 46.4 Å². The van der Waals surface area contributed by atoms with E-state index in [1.807, 2.05) is 24.3 Å². The van der Waals surface area contributed by atoms with E-state index >= 15 is 0 Å². The Morgan fingerprint density at radius 3 is 0.867 bits per heavy atom. The Balaban J connectivity index is 0.000000160. The van der Waals surface area contributed by atoms with Crippen LogP contribution in [0.4, 0.5) is 0 Å². The minimum atomic E-state index is 0. The molecule has 4 aromatic carbocycles. The molecule has 0 amide bonds. The summed E-state index contributed by atoms with van der Waals surface area (Å²) < 4.78 is 0. The van der Waals surface area contributed by atoms with Crippen LogP contribution in [0.1, 0.15) is 0 Å². The van der Waals surface area contributed by atoms with Gasteiger partial charge in [0.15, 0.2) is 0 Å². The van der Waals surface area contributed by atoms with Crippen LogP contribution in [0.5, 0.6) is 0 Å². The second kappa shape index (κ2) is 9.83. The highest BCUT2D eigenvalue weighted by molar-refractivity contribution is 5.88. The molecule has 2 N–H and O–H groups in total.